The molecule has 1 heteroatoms. The van der Waals surface area contributed by atoms with Crippen LogP contribution in [0, 0.1) is 34.6 Å². The van der Waals surface area contributed by atoms with Crippen LogP contribution in [-0.4, -0.2) is 4.57 Å². The number of benzene rings is 1. The Morgan fingerprint density at radius 1 is 0.737 bits per heavy atom. The highest BCUT2D eigenvalue weighted by atomic mass is 14.9. The van der Waals surface area contributed by atoms with Crippen molar-refractivity contribution in [2.24, 2.45) is 7.05 Å². The third kappa shape index (κ3) is 1.82. The molecule has 0 saturated carbocycles. The van der Waals surface area contributed by atoms with Gasteiger partial charge in [0.05, 0.1) is 5.52 Å². The van der Waals surface area contributed by atoms with E-state index in [9.17, 15) is 0 Å². The second-order valence-electron chi connectivity index (χ2n) is 6.99. The average molecular weight is 257 g/mol. The normalized spacial score (nSPS) is 12.5. The van der Waals surface area contributed by atoms with Crippen molar-refractivity contribution in [3.05, 3.63) is 33.5 Å². The van der Waals surface area contributed by atoms with Crippen LogP contribution in [0.5, 0.6) is 0 Å². The fourth-order valence-electron chi connectivity index (χ4n) is 3.74. The lowest BCUT2D eigenvalue weighted by Gasteiger charge is -2.27. The molecule has 2 aromatic rings. The van der Waals surface area contributed by atoms with Gasteiger partial charge in [0.15, 0.2) is 0 Å². The Morgan fingerprint density at radius 3 is 1.74 bits per heavy atom. The molecule has 1 aromatic heterocycles. The van der Waals surface area contributed by atoms with Gasteiger partial charge in [0.25, 0.3) is 0 Å². The summed E-state index contributed by atoms with van der Waals surface area (Å²) in [6.45, 7) is 18.3. The van der Waals surface area contributed by atoms with E-state index >= 15 is 0 Å². The monoisotopic (exact) mass is 257 g/mol. The summed E-state index contributed by atoms with van der Waals surface area (Å²) in [6, 6.07) is 0. The van der Waals surface area contributed by atoms with E-state index in [0.29, 0.717) is 0 Å². The predicted octanol–water partition coefficient (Wildman–Crippen LogP) is 5.02. The van der Waals surface area contributed by atoms with Gasteiger partial charge in [-0.05, 0) is 67.9 Å². The van der Waals surface area contributed by atoms with Gasteiger partial charge in [-0.2, -0.15) is 0 Å². The van der Waals surface area contributed by atoms with Crippen LogP contribution >= 0.6 is 0 Å². The molecule has 19 heavy (non-hydrogen) atoms. The van der Waals surface area contributed by atoms with E-state index in [0.717, 1.165) is 0 Å². The molecule has 104 valence electrons. The lowest BCUT2D eigenvalue weighted by Crippen LogP contribution is -2.16. The molecule has 0 N–H and O–H groups in total. The van der Waals surface area contributed by atoms with Crippen molar-refractivity contribution in [2.45, 2.75) is 60.8 Å². The van der Waals surface area contributed by atoms with Crippen LogP contribution in [0.25, 0.3) is 10.9 Å². The van der Waals surface area contributed by atoms with E-state index in [1.54, 1.807) is 0 Å². The zero-order chi connectivity index (χ0) is 14.7. The Balaban J connectivity index is 3.10. The molecule has 0 amide bonds. The van der Waals surface area contributed by atoms with Gasteiger partial charge in [-0.15, -0.1) is 0 Å². The first kappa shape index (κ1) is 14.2. The van der Waals surface area contributed by atoms with Crippen LogP contribution in [0.15, 0.2) is 0 Å². The van der Waals surface area contributed by atoms with Crippen molar-refractivity contribution >= 4 is 10.9 Å². The van der Waals surface area contributed by atoms with Gasteiger partial charge in [0.1, 0.15) is 0 Å². The van der Waals surface area contributed by atoms with Crippen LogP contribution < -0.4 is 0 Å². The number of nitrogens with zero attached hydrogens (tertiary/aromatic N) is 1. The van der Waals surface area contributed by atoms with Crippen molar-refractivity contribution in [1.82, 2.24) is 4.57 Å². The van der Waals surface area contributed by atoms with Gasteiger partial charge in [0, 0.05) is 18.1 Å². The van der Waals surface area contributed by atoms with Crippen LogP contribution in [0.1, 0.15) is 54.3 Å². The van der Waals surface area contributed by atoms with E-state index in [-0.39, 0.29) is 5.41 Å². The maximum absolute atomic E-state index is 2.36. The first-order chi connectivity index (χ1) is 8.59. The molecule has 1 heterocycles. The van der Waals surface area contributed by atoms with Crippen LogP contribution in [0.2, 0.25) is 0 Å². The zero-order valence-electron chi connectivity index (χ0n) is 13.9. The number of aryl methyl sites for hydroxylation is 4. The molecule has 0 radical (unpaired) electrons. The minimum atomic E-state index is 0.194. The molecule has 2 rings (SSSR count). The summed E-state index contributed by atoms with van der Waals surface area (Å²) in [5.41, 5.74) is 10.3. The molecule has 0 atom stereocenters. The van der Waals surface area contributed by atoms with Crippen molar-refractivity contribution in [3.8, 4) is 0 Å². The van der Waals surface area contributed by atoms with Crippen LogP contribution in [0.3, 0.4) is 0 Å². The first-order valence-corrected chi connectivity index (χ1v) is 7.14. The van der Waals surface area contributed by atoms with Gasteiger partial charge >= 0.3 is 0 Å². The lowest BCUT2D eigenvalue weighted by molar-refractivity contribution is 0.582. The Morgan fingerprint density at radius 2 is 1.26 bits per heavy atom. The Bertz CT molecular complexity index is 664. The third-order valence-corrected chi connectivity index (χ3v) is 4.79. The second kappa shape index (κ2) is 4.13. The van der Waals surface area contributed by atoms with E-state index in [2.05, 4.69) is 67.0 Å². The molecular weight excluding hydrogens is 230 g/mol. The maximum atomic E-state index is 2.36. The van der Waals surface area contributed by atoms with E-state index in [4.69, 9.17) is 0 Å². The summed E-state index contributed by atoms with van der Waals surface area (Å²) in [4.78, 5) is 0. The van der Waals surface area contributed by atoms with Crippen molar-refractivity contribution in [3.63, 3.8) is 0 Å². The second-order valence-corrected chi connectivity index (χ2v) is 6.99. The Labute approximate surface area is 117 Å². The predicted molar refractivity (Wildman–Crippen MR) is 85.3 cm³/mol. The molecule has 0 aliphatic heterocycles. The molecular formula is C18H27N. The van der Waals surface area contributed by atoms with E-state index in [1.165, 1.54) is 44.4 Å². The van der Waals surface area contributed by atoms with Gasteiger partial charge < -0.3 is 4.57 Å². The van der Waals surface area contributed by atoms with Crippen molar-refractivity contribution in [2.75, 3.05) is 0 Å². The molecule has 0 aliphatic carbocycles. The molecule has 0 unspecified atom stereocenters. The third-order valence-electron chi connectivity index (χ3n) is 4.79. The molecule has 1 aromatic carbocycles. The SMILES string of the molecule is Cc1c(C(C)(C)C)c(C)c2c(c1C)c(C)c(C)n2C. The number of fused-ring (bicyclic) bond motifs is 1. The molecule has 0 aliphatic rings. The van der Waals surface area contributed by atoms with Crippen LogP contribution in [-0.2, 0) is 12.5 Å². The summed E-state index contributed by atoms with van der Waals surface area (Å²) in [6.07, 6.45) is 0. The minimum absolute atomic E-state index is 0.194. The topological polar surface area (TPSA) is 4.93 Å². The number of aromatic nitrogens is 1. The molecule has 0 bridgehead atoms. The number of hydrogen-bond donors (Lipinski definition) is 0. The largest absolute Gasteiger partial charge is 0.347 e. The standard InChI is InChI=1S/C18H27N/c1-10-11(2)16(18(6,7)8)13(4)17-15(10)12(3)14(5)19(17)9/h1-9H3. The number of rotatable bonds is 0. The van der Waals surface area contributed by atoms with Crippen LogP contribution in [0.4, 0.5) is 0 Å². The number of hydrogen-bond acceptors (Lipinski definition) is 0. The van der Waals surface area contributed by atoms with Gasteiger partial charge in [0.2, 0.25) is 0 Å². The van der Waals surface area contributed by atoms with Crippen molar-refractivity contribution in [1.29, 1.82) is 0 Å². The average Bonchev–Trinajstić information content (AvgIpc) is 2.49. The molecule has 0 spiro atoms. The fourth-order valence-corrected chi connectivity index (χ4v) is 3.74. The Kier molecular flexibility index (Phi) is 3.08. The maximum Gasteiger partial charge on any atom is 0.0518 e. The summed E-state index contributed by atoms with van der Waals surface area (Å²) < 4.78 is 2.36. The molecule has 0 fully saturated rings. The Hall–Kier alpha value is -1.24. The van der Waals surface area contributed by atoms with Gasteiger partial charge in [-0.3, -0.25) is 0 Å². The summed E-state index contributed by atoms with van der Waals surface area (Å²) in [5.74, 6) is 0. The first-order valence-electron chi connectivity index (χ1n) is 7.14. The summed E-state index contributed by atoms with van der Waals surface area (Å²) in [7, 11) is 2.19. The van der Waals surface area contributed by atoms with Gasteiger partial charge in [-0.25, -0.2) is 0 Å². The quantitative estimate of drug-likeness (QED) is 0.624. The van der Waals surface area contributed by atoms with Crippen molar-refractivity contribution < 1.29 is 0 Å². The fraction of sp³-hybridized carbons (Fsp3) is 0.556. The minimum Gasteiger partial charge on any atom is -0.347 e. The summed E-state index contributed by atoms with van der Waals surface area (Å²) in [5, 5.41) is 1.46. The summed E-state index contributed by atoms with van der Waals surface area (Å²) >= 11 is 0. The zero-order valence-corrected chi connectivity index (χ0v) is 13.9. The molecule has 0 saturated heterocycles. The smallest absolute Gasteiger partial charge is 0.0518 e. The highest BCUT2D eigenvalue weighted by molar-refractivity contribution is 5.93. The van der Waals surface area contributed by atoms with Gasteiger partial charge in [-0.1, -0.05) is 20.8 Å². The highest BCUT2D eigenvalue weighted by Gasteiger charge is 2.25. The lowest BCUT2D eigenvalue weighted by atomic mass is 9.78. The highest BCUT2D eigenvalue weighted by Crippen LogP contribution is 2.39. The van der Waals surface area contributed by atoms with E-state index < -0.39 is 0 Å². The molecule has 1 nitrogen and oxygen atoms in total. The van der Waals surface area contributed by atoms with E-state index in [1.807, 2.05) is 0 Å².